The standard InChI is InChI=1S/C15H19N3OS.ClH/c1-3-16-8-9-17-14(19)13-10-20-15(18-13)12-7-5-4-6-11(12)2;/h4-7,10,16H,3,8-9H2,1-2H3,(H,17,19);1H. The van der Waals surface area contributed by atoms with Gasteiger partial charge in [0.1, 0.15) is 10.7 Å². The lowest BCUT2D eigenvalue weighted by Gasteiger charge is -2.03. The van der Waals surface area contributed by atoms with Gasteiger partial charge in [0.05, 0.1) is 0 Å². The van der Waals surface area contributed by atoms with E-state index in [9.17, 15) is 4.79 Å². The number of aromatic nitrogens is 1. The highest BCUT2D eigenvalue weighted by Crippen LogP contribution is 2.26. The molecule has 0 radical (unpaired) electrons. The van der Waals surface area contributed by atoms with Crippen molar-refractivity contribution in [3.8, 4) is 10.6 Å². The molecule has 4 nitrogen and oxygen atoms in total. The van der Waals surface area contributed by atoms with Crippen molar-refractivity contribution < 1.29 is 4.79 Å². The van der Waals surface area contributed by atoms with E-state index in [0.29, 0.717) is 12.2 Å². The maximum Gasteiger partial charge on any atom is 0.270 e. The maximum atomic E-state index is 11.9. The second kappa shape index (κ2) is 8.77. The first-order chi connectivity index (χ1) is 9.72. The van der Waals surface area contributed by atoms with Gasteiger partial charge in [0.25, 0.3) is 5.91 Å². The van der Waals surface area contributed by atoms with E-state index in [2.05, 4.69) is 15.6 Å². The van der Waals surface area contributed by atoms with Gasteiger partial charge in [-0.25, -0.2) is 4.98 Å². The minimum atomic E-state index is -0.112. The summed E-state index contributed by atoms with van der Waals surface area (Å²) >= 11 is 1.50. The van der Waals surface area contributed by atoms with Gasteiger partial charge in [-0.1, -0.05) is 31.2 Å². The largest absolute Gasteiger partial charge is 0.349 e. The second-order valence-corrected chi connectivity index (χ2v) is 5.32. The molecule has 0 spiro atoms. The van der Waals surface area contributed by atoms with E-state index in [-0.39, 0.29) is 18.3 Å². The van der Waals surface area contributed by atoms with Gasteiger partial charge in [-0.2, -0.15) is 0 Å². The van der Waals surface area contributed by atoms with Crippen molar-refractivity contribution in [3.63, 3.8) is 0 Å². The Kier molecular flexibility index (Phi) is 7.36. The summed E-state index contributed by atoms with van der Waals surface area (Å²) < 4.78 is 0. The number of halogens is 1. The van der Waals surface area contributed by atoms with Gasteiger partial charge in [0.15, 0.2) is 0 Å². The van der Waals surface area contributed by atoms with Crippen LogP contribution in [0, 0.1) is 6.92 Å². The number of nitrogens with zero attached hydrogens (tertiary/aromatic N) is 1. The zero-order valence-corrected chi connectivity index (χ0v) is 13.8. The highest BCUT2D eigenvalue weighted by Gasteiger charge is 2.12. The molecular formula is C15H20ClN3OS. The molecule has 1 aromatic heterocycles. The van der Waals surface area contributed by atoms with E-state index < -0.39 is 0 Å². The number of aryl methyl sites for hydroxylation is 1. The second-order valence-electron chi connectivity index (χ2n) is 4.46. The fraction of sp³-hybridized carbons (Fsp3) is 0.333. The van der Waals surface area contributed by atoms with Crippen LogP contribution < -0.4 is 10.6 Å². The van der Waals surface area contributed by atoms with Gasteiger partial charge in [0.2, 0.25) is 0 Å². The molecule has 0 aliphatic carbocycles. The molecule has 1 heterocycles. The fourth-order valence-corrected chi connectivity index (χ4v) is 2.74. The summed E-state index contributed by atoms with van der Waals surface area (Å²) in [5.41, 5.74) is 2.75. The summed E-state index contributed by atoms with van der Waals surface area (Å²) in [5, 5.41) is 8.72. The van der Waals surface area contributed by atoms with Gasteiger partial charge >= 0.3 is 0 Å². The highest BCUT2D eigenvalue weighted by atomic mass is 35.5. The number of thiazole rings is 1. The summed E-state index contributed by atoms with van der Waals surface area (Å²) in [6.45, 7) is 6.38. The zero-order chi connectivity index (χ0) is 14.4. The molecule has 1 amide bonds. The molecule has 0 atom stereocenters. The Hall–Kier alpha value is -1.43. The molecule has 2 N–H and O–H groups in total. The van der Waals surface area contributed by atoms with E-state index in [4.69, 9.17) is 0 Å². The molecule has 0 aliphatic heterocycles. The van der Waals surface area contributed by atoms with Crippen LogP contribution in [0.5, 0.6) is 0 Å². The van der Waals surface area contributed by atoms with Crippen LogP contribution in [0.2, 0.25) is 0 Å². The Bertz CT molecular complexity index is 586. The summed E-state index contributed by atoms with van der Waals surface area (Å²) in [6.07, 6.45) is 0. The Balaban J connectivity index is 0.00000220. The number of hydrogen-bond acceptors (Lipinski definition) is 4. The van der Waals surface area contributed by atoms with E-state index in [1.807, 2.05) is 43.5 Å². The zero-order valence-electron chi connectivity index (χ0n) is 12.2. The summed E-state index contributed by atoms with van der Waals surface area (Å²) in [5.74, 6) is -0.112. The van der Waals surface area contributed by atoms with Gasteiger partial charge in [0, 0.05) is 24.0 Å². The molecule has 0 unspecified atom stereocenters. The number of amides is 1. The number of nitrogens with one attached hydrogen (secondary N) is 2. The van der Waals surface area contributed by atoms with Gasteiger partial charge < -0.3 is 10.6 Å². The number of carbonyl (C=O) groups is 1. The third-order valence-electron chi connectivity index (χ3n) is 2.95. The molecular weight excluding hydrogens is 306 g/mol. The number of benzene rings is 1. The topological polar surface area (TPSA) is 54.0 Å². The lowest BCUT2D eigenvalue weighted by molar-refractivity contribution is 0.0950. The molecule has 1 aromatic carbocycles. The van der Waals surface area contributed by atoms with Gasteiger partial charge in [-0.15, -0.1) is 23.7 Å². The number of likely N-dealkylation sites (N-methyl/N-ethyl adjacent to an activating group) is 1. The van der Waals surface area contributed by atoms with Crippen LogP contribution >= 0.6 is 23.7 Å². The molecule has 0 fully saturated rings. The quantitative estimate of drug-likeness (QED) is 0.803. The van der Waals surface area contributed by atoms with Gasteiger partial charge in [-0.3, -0.25) is 4.79 Å². The summed E-state index contributed by atoms with van der Waals surface area (Å²) in [4.78, 5) is 16.4. The minimum absolute atomic E-state index is 0. The average Bonchev–Trinajstić information content (AvgIpc) is 2.93. The summed E-state index contributed by atoms with van der Waals surface area (Å²) in [7, 11) is 0. The predicted octanol–water partition coefficient (Wildman–Crippen LogP) is 2.88. The lowest BCUT2D eigenvalue weighted by Crippen LogP contribution is -2.31. The van der Waals surface area contributed by atoms with Crippen molar-refractivity contribution in [3.05, 3.63) is 40.9 Å². The Morgan fingerprint density at radius 2 is 2.05 bits per heavy atom. The SMILES string of the molecule is CCNCCNC(=O)c1csc(-c2ccccc2C)n1.Cl. The van der Waals surface area contributed by atoms with Crippen LogP contribution in [-0.2, 0) is 0 Å². The number of carbonyl (C=O) groups excluding carboxylic acids is 1. The molecule has 6 heteroatoms. The molecule has 114 valence electrons. The first kappa shape index (κ1) is 17.6. The molecule has 2 rings (SSSR count). The Morgan fingerprint density at radius 3 is 2.76 bits per heavy atom. The molecule has 0 saturated carbocycles. The third-order valence-corrected chi connectivity index (χ3v) is 3.83. The van der Waals surface area contributed by atoms with Crippen LogP contribution in [0.3, 0.4) is 0 Å². The fourth-order valence-electron chi connectivity index (χ4n) is 1.85. The molecule has 0 bridgehead atoms. The van der Waals surface area contributed by atoms with E-state index >= 15 is 0 Å². The van der Waals surface area contributed by atoms with Crippen molar-refractivity contribution in [2.24, 2.45) is 0 Å². The van der Waals surface area contributed by atoms with Crippen molar-refractivity contribution in [2.45, 2.75) is 13.8 Å². The minimum Gasteiger partial charge on any atom is -0.349 e. The van der Waals surface area contributed by atoms with Crippen molar-refractivity contribution in [1.29, 1.82) is 0 Å². The van der Waals surface area contributed by atoms with E-state index in [1.165, 1.54) is 16.9 Å². The van der Waals surface area contributed by atoms with E-state index in [1.54, 1.807) is 0 Å². The van der Waals surface area contributed by atoms with Crippen LogP contribution in [0.1, 0.15) is 23.0 Å². The third kappa shape index (κ3) is 4.81. The first-order valence-electron chi connectivity index (χ1n) is 6.72. The van der Waals surface area contributed by atoms with Crippen LogP contribution in [0.4, 0.5) is 0 Å². The van der Waals surface area contributed by atoms with Crippen molar-refractivity contribution in [2.75, 3.05) is 19.6 Å². The van der Waals surface area contributed by atoms with Crippen LogP contribution in [0.15, 0.2) is 29.6 Å². The molecule has 2 aromatic rings. The number of hydrogen-bond donors (Lipinski definition) is 2. The monoisotopic (exact) mass is 325 g/mol. The maximum absolute atomic E-state index is 11.9. The summed E-state index contributed by atoms with van der Waals surface area (Å²) in [6, 6.07) is 8.06. The van der Waals surface area contributed by atoms with Crippen LogP contribution in [-0.4, -0.2) is 30.5 Å². The normalized spacial score (nSPS) is 10.0. The molecule has 0 saturated heterocycles. The van der Waals surface area contributed by atoms with Crippen LogP contribution in [0.25, 0.3) is 10.6 Å². The van der Waals surface area contributed by atoms with Gasteiger partial charge in [-0.05, 0) is 19.0 Å². The first-order valence-corrected chi connectivity index (χ1v) is 7.60. The van der Waals surface area contributed by atoms with Crippen molar-refractivity contribution >= 4 is 29.7 Å². The average molecular weight is 326 g/mol. The number of rotatable bonds is 6. The Labute approximate surface area is 135 Å². The Morgan fingerprint density at radius 1 is 1.29 bits per heavy atom. The van der Waals surface area contributed by atoms with E-state index in [0.717, 1.165) is 23.7 Å². The molecule has 0 aliphatic rings. The lowest BCUT2D eigenvalue weighted by atomic mass is 10.1. The smallest absolute Gasteiger partial charge is 0.270 e. The highest BCUT2D eigenvalue weighted by molar-refractivity contribution is 7.13. The van der Waals surface area contributed by atoms with Crippen molar-refractivity contribution in [1.82, 2.24) is 15.6 Å². The molecule has 21 heavy (non-hydrogen) atoms. The predicted molar refractivity (Wildman–Crippen MR) is 90.4 cm³/mol.